The summed E-state index contributed by atoms with van der Waals surface area (Å²) in [7, 11) is 0. The molecule has 144 valence electrons. The monoisotopic (exact) mass is 396 g/mol. The summed E-state index contributed by atoms with van der Waals surface area (Å²) in [6.07, 6.45) is 2.42. The zero-order valence-corrected chi connectivity index (χ0v) is 16.2. The second-order valence-corrected chi connectivity index (χ2v) is 6.52. The molecule has 28 heavy (non-hydrogen) atoms. The van der Waals surface area contributed by atoms with Gasteiger partial charge in [0, 0.05) is 23.5 Å². The van der Waals surface area contributed by atoms with Crippen molar-refractivity contribution in [3.8, 4) is 5.75 Å². The fourth-order valence-electron chi connectivity index (χ4n) is 2.39. The molecule has 0 aliphatic heterocycles. The molecule has 0 spiro atoms. The van der Waals surface area contributed by atoms with Gasteiger partial charge in [-0.05, 0) is 54.4 Å². The van der Waals surface area contributed by atoms with Crippen LogP contribution in [-0.4, -0.2) is 22.4 Å². The first-order chi connectivity index (χ1) is 13.6. The van der Waals surface area contributed by atoms with Crippen molar-refractivity contribution in [2.45, 2.75) is 20.0 Å². The summed E-state index contributed by atoms with van der Waals surface area (Å²) >= 11 is 5.88. The number of halogens is 1. The molecule has 2 N–H and O–H groups in total. The Morgan fingerprint density at radius 1 is 1.07 bits per heavy atom. The molecule has 0 saturated carbocycles. The predicted molar refractivity (Wildman–Crippen MR) is 110 cm³/mol. The Morgan fingerprint density at radius 2 is 1.82 bits per heavy atom. The summed E-state index contributed by atoms with van der Waals surface area (Å²) in [6.45, 7) is 3.07. The minimum atomic E-state index is -0.210. The van der Waals surface area contributed by atoms with E-state index in [1.54, 1.807) is 12.3 Å². The molecule has 1 amide bonds. The Balaban J connectivity index is 1.58. The number of nitrogens with zero attached hydrogens (tertiary/aromatic N) is 2. The Bertz CT molecular complexity index is 914. The predicted octanol–water partition coefficient (Wildman–Crippen LogP) is 4.59. The van der Waals surface area contributed by atoms with E-state index in [9.17, 15) is 4.79 Å². The van der Waals surface area contributed by atoms with Gasteiger partial charge in [-0.2, -0.15) is 0 Å². The first-order valence-electron chi connectivity index (χ1n) is 8.99. The van der Waals surface area contributed by atoms with Crippen LogP contribution in [0.15, 0.2) is 60.8 Å². The molecule has 3 rings (SSSR count). The molecule has 0 bridgehead atoms. The van der Waals surface area contributed by atoms with Gasteiger partial charge in [0.05, 0.1) is 0 Å². The number of hydrogen-bond donors (Lipinski definition) is 2. The van der Waals surface area contributed by atoms with Crippen LogP contribution in [0.2, 0.25) is 5.02 Å². The highest BCUT2D eigenvalue weighted by Crippen LogP contribution is 2.19. The summed E-state index contributed by atoms with van der Waals surface area (Å²) in [4.78, 5) is 20.4. The second-order valence-electron chi connectivity index (χ2n) is 6.09. The van der Waals surface area contributed by atoms with E-state index in [4.69, 9.17) is 16.3 Å². The van der Waals surface area contributed by atoms with Crippen molar-refractivity contribution in [1.82, 2.24) is 15.3 Å². The molecular weight excluding hydrogens is 376 g/mol. The molecule has 1 heterocycles. The van der Waals surface area contributed by atoms with E-state index in [0.717, 1.165) is 23.4 Å². The summed E-state index contributed by atoms with van der Waals surface area (Å²) in [5.41, 5.74) is 2.16. The Morgan fingerprint density at radius 3 is 2.54 bits per heavy atom. The standard InChI is InChI=1S/C21H21ClN4O2/c1-2-12-23-20(27)19-11-13-24-21(26-19)25-17-7-9-18(10-8-17)28-14-15-3-5-16(22)6-4-15/h3-11,13H,2,12,14H2,1H3,(H,23,27)(H,24,25,26). The summed E-state index contributed by atoms with van der Waals surface area (Å²) < 4.78 is 5.77. The summed E-state index contributed by atoms with van der Waals surface area (Å²) in [6, 6.07) is 16.6. The van der Waals surface area contributed by atoms with Gasteiger partial charge in [0.2, 0.25) is 5.95 Å². The van der Waals surface area contributed by atoms with Gasteiger partial charge in [0.15, 0.2) is 0 Å². The number of hydrogen-bond acceptors (Lipinski definition) is 5. The minimum Gasteiger partial charge on any atom is -0.489 e. The quantitative estimate of drug-likeness (QED) is 0.582. The highest BCUT2D eigenvalue weighted by Gasteiger charge is 2.08. The number of nitrogens with one attached hydrogen (secondary N) is 2. The lowest BCUT2D eigenvalue weighted by molar-refractivity contribution is 0.0948. The molecule has 1 aromatic heterocycles. The van der Waals surface area contributed by atoms with E-state index in [1.165, 1.54) is 0 Å². The average molecular weight is 397 g/mol. The van der Waals surface area contributed by atoms with Gasteiger partial charge < -0.3 is 15.4 Å². The Hall–Kier alpha value is -3.12. The van der Waals surface area contributed by atoms with Crippen molar-refractivity contribution in [3.63, 3.8) is 0 Å². The van der Waals surface area contributed by atoms with Crippen LogP contribution in [0.4, 0.5) is 11.6 Å². The first-order valence-corrected chi connectivity index (χ1v) is 9.37. The van der Waals surface area contributed by atoms with Crippen LogP contribution >= 0.6 is 11.6 Å². The van der Waals surface area contributed by atoms with E-state index in [1.807, 2.05) is 55.5 Å². The van der Waals surface area contributed by atoms with Gasteiger partial charge in [0.25, 0.3) is 5.91 Å². The molecule has 2 aromatic carbocycles. The van der Waals surface area contributed by atoms with Crippen molar-refractivity contribution < 1.29 is 9.53 Å². The number of anilines is 2. The van der Waals surface area contributed by atoms with Crippen LogP contribution in [0.5, 0.6) is 5.75 Å². The molecule has 7 heteroatoms. The molecule has 0 aliphatic carbocycles. The molecule has 0 fully saturated rings. The molecule has 3 aromatic rings. The minimum absolute atomic E-state index is 0.210. The number of amides is 1. The molecular formula is C21H21ClN4O2. The topological polar surface area (TPSA) is 76.1 Å². The lowest BCUT2D eigenvalue weighted by Gasteiger charge is -2.09. The Kier molecular flexibility index (Phi) is 6.81. The summed E-state index contributed by atoms with van der Waals surface area (Å²) in [5, 5.41) is 6.59. The number of ether oxygens (including phenoxy) is 1. The van der Waals surface area contributed by atoms with E-state index < -0.39 is 0 Å². The molecule has 0 atom stereocenters. The number of carbonyl (C=O) groups is 1. The van der Waals surface area contributed by atoms with Gasteiger partial charge in [-0.1, -0.05) is 30.7 Å². The van der Waals surface area contributed by atoms with Crippen LogP contribution in [-0.2, 0) is 6.61 Å². The van der Waals surface area contributed by atoms with Crippen LogP contribution < -0.4 is 15.4 Å². The van der Waals surface area contributed by atoms with Crippen molar-refractivity contribution in [3.05, 3.63) is 77.1 Å². The van der Waals surface area contributed by atoms with Crippen molar-refractivity contribution in [2.75, 3.05) is 11.9 Å². The van der Waals surface area contributed by atoms with Crippen molar-refractivity contribution in [1.29, 1.82) is 0 Å². The SMILES string of the molecule is CCCNC(=O)c1ccnc(Nc2ccc(OCc3ccc(Cl)cc3)cc2)n1. The third-order valence-corrected chi connectivity index (χ3v) is 4.10. The van der Waals surface area contributed by atoms with E-state index in [-0.39, 0.29) is 5.91 Å². The zero-order valence-electron chi connectivity index (χ0n) is 15.5. The van der Waals surface area contributed by atoms with Crippen LogP contribution in [0.3, 0.4) is 0 Å². The Labute approximate surface area is 168 Å². The second kappa shape index (κ2) is 9.71. The van der Waals surface area contributed by atoms with E-state index >= 15 is 0 Å². The van der Waals surface area contributed by atoms with E-state index in [2.05, 4.69) is 20.6 Å². The zero-order chi connectivity index (χ0) is 19.8. The number of benzene rings is 2. The lowest BCUT2D eigenvalue weighted by Crippen LogP contribution is -2.25. The maximum Gasteiger partial charge on any atom is 0.270 e. The number of carbonyl (C=O) groups excluding carboxylic acids is 1. The number of rotatable bonds is 8. The maximum absolute atomic E-state index is 12.0. The molecule has 0 unspecified atom stereocenters. The van der Waals surface area contributed by atoms with E-state index in [0.29, 0.717) is 29.8 Å². The first kappa shape index (κ1) is 19.6. The highest BCUT2D eigenvalue weighted by molar-refractivity contribution is 6.30. The van der Waals surface area contributed by atoms with Gasteiger partial charge in [-0.25, -0.2) is 9.97 Å². The van der Waals surface area contributed by atoms with Crippen LogP contribution in [0, 0.1) is 0 Å². The van der Waals surface area contributed by atoms with Crippen molar-refractivity contribution in [2.24, 2.45) is 0 Å². The fraction of sp³-hybridized carbons (Fsp3) is 0.190. The normalized spacial score (nSPS) is 10.4. The molecule has 6 nitrogen and oxygen atoms in total. The van der Waals surface area contributed by atoms with Gasteiger partial charge in [-0.3, -0.25) is 4.79 Å². The largest absolute Gasteiger partial charge is 0.489 e. The smallest absolute Gasteiger partial charge is 0.270 e. The summed E-state index contributed by atoms with van der Waals surface area (Å²) in [5.74, 6) is 0.895. The highest BCUT2D eigenvalue weighted by atomic mass is 35.5. The third-order valence-electron chi connectivity index (χ3n) is 3.85. The van der Waals surface area contributed by atoms with Crippen LogP contribution in [0.25, 0.3) is 0 Å². The molecule has 0 saturated heterocycles. The fourth-order valence-corrected chi connectivity index (χ4v) is 2.51. The third kappa shape index (κ3) is 5.69. The van der Waals surface area contributed by atoms with Gasteiger partial charge in [-0.15, -0.1) is 0 Å². The van der Waals surface area contributed by atoms with Crippen LogP contribution in [0.1, 0.15) is 29.4 Å². The lowest BCUT2D eigenvalue weighted by atomic mass is 10.2. The maximum atomic E-state index is 12.0. The van der Waals surface area contributed by atoms with Crippen molar-refractivity contribution >= 4 is 29.1 Å². The average Bonchev–Trinajstić information content (AvgIpc) is 2.73. The number of aromatic nitrogens is 2. The van der Waals surface area contributed by atoms with Gasteiger partial charge >= 0.3 is 0 Å². The van der Waals surface area contributed by atoms with Gasteiger partial charge in [0.1, 0.15) is 18.1 Å². The molecule has 0 aliphatic rings. The molecule has 0 radical (unpaired) electrons.